The van der Waals surface area contributed by atoms with Crippen LogP contribution in [0.5, 0.6) is 5.75 Å². The highest BCUT2D eigenvalue weighted by Crippen LogP contribution is 2.29. The monoisotopic (exact) mass is 246 g/mol. The van der Waals surface area contributed by atoms with Crippen molar-refractivity contribution >= 4 is 0 Å². The Bertz CT molecular complexity index is 392. The fraction of sp³-hybridized carbons (Fsp3) is 0.500. The third kappa shape index (κ3) is 3.36. The Labute approximate surface area is 109 Å². The van der Waals surface area contributed by atoms with Crippen LogP contribution in [0.25, 0.3) is 0 Å². The molecule has 0 fully saturated rings. The third-order valence-corrected chi connectivity index (χ3v) is 3.61. The molecule has 0 spiro atoms. The molecule has 1 atom stereocenters. The van der Waals surface area contributed by atoms with Crippen LogP contribution in [0.2, 0.25) is 0 Å². The number of rotatable bonds is 3. The number of hydrogen-bond donors (Lipinski definition) is 1. The van der Waals surface area contributed by atoms with E-state index in [1.165, 1.54) is 31.3 Å². The van der Waals surface area contributed by atoms with Gasteiger partial charge in [0.15, 0.2) is 0 Å². The van der Waals surface area contributed by atoms with Crippen molar-refractivity contribution in [1.29, 1.82) is 0 Å². The second-order valence-corrected chi connectivity index (χ2v) is 4.91. The van der Waals surface area contributed by atoms with Crippen LogP contribution in [-0.2, 0) is 0 Å². The Balaban J connectivity index is 2.10. The first-order valence-electron chi connectivity index (χ1n) is 6.82. The van der Waals surface area contributed by atoms with Gasteiger partial charge in [-0.1, -0.05) is 31.1 Å². The Morgan fingerprint density at radius 2 is 1.78 bits per heavy atom. The van der Waals surface area contributed by atoms with E-state index in [2.05, 4.69) is 6.08 Å². The van der Waals surface area contributed by atoms with Gasteiger partial charge >= 0.3 is 0 Å². The molecule has 0 bridgehead atoms. The summed E-state index contributed by atoms with van der Waals surface area (Å²) in [5.74, 6) is 0.831. The van der Waals surface area contributed by atoms with Crippen LogP contribution < -0.4 is 4.74 Å². The van der Waals surface area contributed by atoms with Crippen LogP contribution in [-0.4, -0.2) is 12.2 Å². The zero-order valence-electron chi connectivity index (χ0n) is 11.1. The van der Waals surface area contributed by atoms with Gasteiger partial charge in [0, 0.05) is 0 Å². The molecule has 0 saturated heterocycles. The van der Waals surface area contributed by atoms with Gasteiger partial charge in [-0.2, -0.15) is 0 Å². The van der Waals surface area contributed by atoms with Gasteiger partial charge in [-0.3, -0.25) is 0 Å². The van der Waals surface area contributed by atoms with Crippen LogP contribution in [0.15, 0.2) is 35.9 Å². The lowest BCUT2D eigenvalue weighted by atomic mass is 9.93. The maximum absolute atomic E-state index is 10.4. The fourth-order valence-corrected chi connectivity index (χ4v) is 2.47. The summed E-state index contributed by atoms with van der Waals surface area (Å²) in [6, 6.07) is 7.70. The van der Waals surface area contributed by atoms with Crippen LogP contribution in [0.3, 0.4) is 0 Å². The molecule has 98 valence electrons. The molecule has 0 aromatic heterocycles. The maximum Gasteiger partial charge on any atom is 0.118 e. The van der Waals surface area contributed by atoms with Crippen molar-refractivity contribution in [3.05, 3.63) is 41.5 Å². The van der Waals surface area contributed by atoms with Crippen molar-refractivity contribution in [3.8, 4) is 5.75 Å². The van der Waals surface area contributed by atoms with E-state index in [4.69, 9.17) is 4.74 Å². The first-order valence-corrected chi connectivity index (χ1v) is 6.82. The van der Waals surface area contributed by atoms with Crippen molar-refractivity contribution in [2.75, 3.05) is 7.11 Å². The predicted molar refractivity (Wildman–Crippen MR) is 73.7 cm³/mol. The molecule has 18 heavy (non-hydrogen) atoms. The van der Waals surface area contributed by atoms with E-state index < -0.39 is 6.10 Å². The summed E-state index contributed by atoms with van der Waals surface area (Å²) in [5, 5.41) is 10.4. The molecule has 0 radical (unpaired) electrons. The molecule has 1 aromatic carbocycles. The van der Waals surface area contributed by atoms with E-state index in [0.717, 1.165) is 24.2 Å². The molecule has 1 aliphatic carbocycles. The molecule has 1 aromatic rings. The predicted octanol–water partition coefficient (Wildman–Crippen LogP) is 4.01. The zero-order chi connectivity index (χ0) is 12.8. The normalized spacial score (nSPS) is 21.3. The Morgan fingerprint density at radius 3 is 2.50 bits per heavy atom. The summed E-state index contributed by atoms with van der Waals surface area (Å²) < 4.78 is 5.13. The van der Waals surface area contributed by atoms with Gasteiger partial charge in [-0.15, -0.1) is 0 Å². The number of allylic oxidation sites excluding steroid dienone is 1. The molecule has 1 aliphatic rings. The highest BCUT2D eigenvalue weighted by Gasteiger charge is 2.14. The molecule has 0 heterocycles. The van der Waals surface area contributed by atoms with Gasteiger partial charge in [0.1, 0.15) is 11.9 Å². The summed E-state index contributed by atoms with van der Waals surface area (Å²) in [5.41, 5.74) is 2.14. The van der Waals surface area contributed by atoms with Crippen molar-refractivity contribution in [2.45, 2.75) is 44.6 Å². The van der Waals surface area contributed by atoms with Crippen LogP contribution >= 0.6 is 0 Å². The molecule has 2 heteroatoms. The minimum absolute atomic E-state index is 0.450. The summed E-state index contributed by atoms with van der Waals surface area (Å²) in [6.45, 7) is 0. The lowest BCUT2D eigenvalue weighted by Crippen LogP contribution is -2.03. The lowest BCUT2D eigenvalue weighted by Gasteiger charge is -2.18. The van der Waals surface area contributed by atoms with Gasteiger partial charge in [0.2, 0.25) is 0 Å². The quantitative estimate of drug-likeness (QED) is 0.816. The van der Waals surface area contributed by atoms with E-state index in [-0.39, 0.29) is 0 Å². The Kier molecular flexibility index (Phi) is 4.82. The third-order valence-electron chi connectivity index (χ3n) is 3.61. The minimum atomic E-state index is -0.450. The van der Waals surface area contributed by atoms with Gasteiger partial charge < -0.3 is 9.84 Å². The number of hydrogen-bond acceptors (Lipinski definition) is 2. The van der Waals surface area contributed by atoms with E-state index in [1.54, 1.807) is 7.11 Å². The molecule has 2 rings (SSSR count). The van der Waals surface area contributed by atoms with E-state index in [1.807, 2.05) is 24.3 Å². The highest BCUT2D eigenvalue weighted by atomic mass is 16.5. The Hall–Kier alpha value is -1.28. The average molecular weight is 246 g/mol. The average Bonchev–Trinajstić information content (AvgIpc) is 2.38. The molecule has 1 unspecified atom stereocenters. The Morgan fingerprint density at radius 1 is 1.06 bits per heavy atom. The molecule has 0 aliphatic heterocycles. The van der Waals surface area contributed by atoms with Crippen molar-refractivity contribution in [1.82, 2.24) is 0 Å². The standard InChI is InChI=1S/C16H22O2/c1-18-15-11-9-14(10-12-15)16(17)13-7-5-3-2-4-6-8-13/h7,9-12,16-17H,2-6,8H2,1H3/b13-7+. The first-order chi connectivity index (χ1) is 8.81. The fourth-order valence-electron chi connectivity index (χ4n) is 2.47. The van der Waals surface area contributed by atoms with E-state index >= 15 is 0 Å². The summed E-state index contributed by atoms with van der Waals surface area (Å²) in [4.78, 5) is 0. The SMILES string of the molecule is COc1ccc(C(O)/C2=C/CCCCCC2)cc1. The van der Waals surface area contributed by atoms with Crippen LogP contribution in [0, 0.1) is 0 Å². The second kappa shape index (κ2) is 6.60. The van der Waals surface area contributed by atoms with Gasteiger partial charge in [-0.25, -0.2) is 0 Å². The summed E-state index contributed by atoms with van der Waals surface area (Å²) in [6.07, 6.45) is 8.95. The first kappa shape index (κ1) is 13.2. The van der Waals surface area contributed by atoms with E-state index in [0.29, 0.717) is 0 Å². The molecule has 2 nitrogen and oxygen atoms in total. The molecule has 0 saturated carbocycles. The number of aliphatic hydroxyl groups excluding tert-OH is 1. The molecule has 1 N–H and O–H groups in total. The molecular weight excluding hydrogens is 224 g/mol. The van der Waals surface area contributed by atoms with Gasteiger partial charge in [-0.05, 0) is 49.0 Å². The number of ether oxygens (including phenoxy) is 1. The van der Waals surface area contributed by atoms with Gasteiger partial charge in [0.05, 0.1) is 7.11 Å². The van der Waals surface area contributed by atoms with Crippen molar-refractivity contribution in [3.63, 3.8) is 0 Å². The van der Waals surface area contributed by atoms with Gasteiger partial charge in [0.25, 0.3) is 0 Å². The summed E-state index contributed by atoms with van der Waals surface area (Å²) in [7, 11) is 1.66. The van der Waals surface area contributed by atoms with Crippen LogP contribution in [0.4, 0.5) is 0 Å². The molecular formula is C16H22O2. The van der Waals surface area contributed by atoms with Crippen molar-refractivity contribution < 1.29 is 9.84 Å². The number of benzene rings is 1. The van der Waals surface area contributed by atoms with Crippen LogP contribution in [0.1, 0.15) is 50.2 Å². The highest BCUT2D eigenvalue weighted by molar-refractivity contribution is 5.32. The smallest absolute Gasteiger partial charge is 0.118 e. The second-order valence-electron chi connectivity index (χ2n) is 4.91. The zero-order valence-corrected chi connectivity index (χ0v) is 11.1. The maximum atomic E-state index is 10.4. The van der Waals surface area contributed by atoms with Crippen molar-refractivity contribution in [2.24, 2.45) is 0 Å². The topological polar surface area (TPSA) is 29.5 Å². The molecule has 0 amide bonds. The lowest BCUT2D eigenvalue weighted by molar-refractivity contribution is 0.209. The number of methoxy groups -OCH3 is 1. The minimum Gasteiger partial charge on any atom is -0.497 e. The largest absolute Gasteiger partial charge is 0.497 e. The summed E-state index contributed by atoms with van der Waals surface area (Å²) >= 11 is 0. The van der Waals surface area contributed by atoms with E-state index in [9.17, 15) is 5.11 Å². The number of aliphatic hydroxyl groups is 1.